The number of amides is 4. The van der Waals surface area contributed by atoms with Gasteiger partial charge in [0, 0.05) is 18.3 Å². The molecule has 0 saturated heterocycles. The van der Waals surface area contributed by atoms with Crippen LogP contribution in [0.25, 0.3) is 0 Å². The summed E-state index contributed by atoms with van der Waals surface area (Å²) in [6, 6.07) is 9.16. The summed E-state index contributed by atoms with van der Waals surface area (Å²) in [4.78, 5) is 38.7. The predicted molar refractivity (Wildman–Crippen MR) is 109 cm³/mol. The molecule has 0 atom stereocenters. The SMILES string of the molecule is COc1ccc(OC)c(NC(=O)Nc2ccc3c(c2)C(=O)N(CC(C)C)C3=O)c1. The van der Waals surface area contributed by atoms with Crippen molar-refractivity contribution in [1.29, 1.82) is 0 Å². The first-order valence-electron chi connectivity index (χ1n) is 9.14. The van der Waals surface area contributed by atoms with Gasteiger partial charge in [0.1, 0.15) is 11.5 Å². The number of anilines is 2. The lowest BCUT2D eigenvalue weighted by Gasteiger charge is -2.15. The number of nitrogens with one attached hydrogen (secondary N) is 2. The molecule has 0 bridgehead atoms. The van der Waals surface area contributed by atoms with E-state index in [1.54, 1.807) is 30.3 Å². The summed E-state index contributed by atoms with van der Waals surface area (Å²) >= 11 is 0. The van der Waals surface area contributed by atoms with Crippen LogP contribution in [0.3, 0.4) is 0 Å². The minimum atomic E-state index is -0.521. The van der Waals surface area contributed by atoms with Gasteiger partial charge >= 0.3 is 6.03 Å². The number of benzene rings is 2. The van der Waals surface area contributed by atoms with Crippen molar-refractivity contribution in [2.45, 2.75) is 13.8 Å². The van der Waals surface area contributed by atoms with Crippen LogP contribution in [0.4, 0.5) is 16.2 Å². The molecule has 2 aromatic carbocycles. The zero-order valence-corrected chi connectivity index (χ0v) is 16.7. The van der Waals surface area contributed by atoms with Crippen LogP contribution in [0.1, 0.15) is 34.6 Å². The molecule has 0 radical (unpaired) electrons. The van der Waals surface area contributed by atoms with Gasteiger partial charge in [-0.15, -0.1) is 0 Å². The second kappa shape index (κ2) is 8.22. The standard InChI is InChI=1S/C21H23N3O5/c1-12(2)11-24-19(25)15-7-5-13(9-16(15)20(24)26)22-21(27)23-17-10-14(28-3)6-8-18(17)29-4/h5-10,12H,11H2,1-4H3,(H2,22,23,27). The molecule has 1 aliphatic rings. The van der Waals surface area contributed by atoms with Crippen LogP contribution in [0, 0.1) is 5.92 Å². The summed E-state index contributed by atoms with van der Waals surface area (Å²) in [6.45, 7) is 4.23. The minimum absolute atomic E-state index is 0.165. The van der Waals surface area contributed by atoms with Gasteiger partial charge < -0.3 is 20.1 Å². The van der Waals surface area contributed by atoms with Crippen molar-refractivity contribution in [2.75, 3.05) is 31.4 Å². The monoisotopic (exact) mass is 397 g/mol. The van der Waals surface area contributed by atoms with E-state index in [-0.39, 0.29) is 23.3 Å². The van der Waals surface area contributed by atoms with Gasteiger partial charge in [0.2, 0.25) is 0 Å². The number of rotatable bonds is 6. The Bertz CT molecular complexity index is 971. The molecule has 0 fully saturated rings. The number of methoxy groups -OCH3 is 2. The fourth-order valence-electron chi connectivity index (χ4n) is 3.10. The molecule has 0 saturated carbocycles. The van der Waals surface area contributed by atoms with Gasteiger partial charge in [-0.25, -0.2) is 4.79 Å². The third-order valence-electron chi connectivity index (χ3n) is 4.43. The maximum Gasteiger partial charge on any atom is 0.323 e. The Morgan fingerprint density at radius 3 is 2.34 bits per heavy atom. The zero-order valence-electron chi connectivity index (χ0n) is 16.7. The fraction of sp³-hybridized carbons (Fsp3) is 0.286. The third kappa shape index (κ3) is 4.16. The van der Waals surface area contributed by atoms with Crippen molar-refractivity contribution in [3.05, 3.63) is 47.5 Å². The highest BCUT2D eigenvalue weighted by atomic mass is 16.5. The number of ether oxygens (including phenoxy) is 2. The molecule has 8 nitrogen and oxygen atoms in total. The minimum Gasteiger partial charge on any atom is -0.497 e. The molecule has 0 unspecified atom stereocenters. The Morgan fingerprint density at radius 1 is 0.966 bits per heavy atom. The Hall–Kier alpha value is -3.55. The quantitative estimate of drug-likeness (QED) is 0.726. The topological polar surface area (TPSA) is 97.0 Å². The lowest BCUT2D eigenvalue weighted by molar-refractivity contribution is 0.0636. The highest BCUT2D eigenvalue weighted by Crippen LogP contribution is 2.30. The van der Waals surface area contributed by atoms with Crippen molar-refractivity contribution in [3.8, 4) is 11.5 Å². The molecule has 0 aliphatic carbocycles. The lowest BCUT2D eigenvalue weighted by Crippen LogP contribution is -2.33. The Morgan fingerprint density at radius 2 is 1.69 bits per heavy atom. The molecule has 8 heteroatoms. The molecule has 2 aromatic rings. The molecule has 1 heterocycles. The van der Waals surface area contributed by atoms with Gasteiger partial charge in [-0.05, 0) is 36.2 Å². The molecule has 1 aliphatic heterocycles. The predicted octanol–water partition coefficient (Wildman–Crippen LogP) is 3.60. The van der Waals surface area contributed by atoms with Gasteiger partial charge in [0.15, 0.2) is 0 Å². The maximum absolute atomic E-state index is 12.6. The van der Waals surface area contributed by atoms with Gasteiger partial charge in [-0.3, -0.25) is 14.5 Å². The summed E-state index contributed by atoms with van der Waals surface area (Å²) in [5, 5.41) is 5.36. The van der Waals surface area contributed by atoms with Gasteiger partial charge in [-0.1, -0.05) is 13.8 Å². The fourth-order valence-corrected chi connectivity index (χ4v) is 3.10. The number of imide groups is 1. The summed E-state index contributed by atoms with van der Waals surface area (Å²) < 4.78 is 10.4. The average molecular weight is 397 g/mol. The first-order valence-corrected chi connectivity index (χ1v) is 9.14. The Labute approximate surface area is 168 Å². The van der Waals surface area contributed by atoms with E-state index in [1.807, 2.05) is 13.8 Å². The smallest absolute Gasteiger partial charge is 0.323 e. The van der Waals surface area contributed by atoms with Gasteiger partial charge in [0.25, 0.3) is 11.8 Å². The third-order valence-corrected chi connectivity index (χ3v) is 4.43. The number of carbonyl (C=O) groups excluding carboxylic acids is 3. The average Bonchev–Trinajstić information content (AvgIpc) is 2.92. The van der Waals surface area contributed by atoms with Crippen molar-refractivity contribution < 1.29 is 23.9 Å². The van der Waals surface area contributed by atoms with Crippen molar-refractivity contribution in [1.82, 2.24) is 4.90 Å². The van der Waals surface area contributed by atoms with E-state index in [4.69, 9.17) is 9.47 Å². The van der Waals surface area contributed by atoms with Crippen LogP contribution >= 0.6 is 0 Å². The summed E-state index contributed by atoms with van der Waals surface area (Å²) in [6.07, 6.45) is 0. The number of carbonyl (C=O) groups is 3. The number of urea groups is 1. The highest BCUT2D eigenvalue weighted by Gasteiger charge is 2.35. The first kappa shape index (κ1) is 20.2. The molecule has 4 amide bonds. The van der Waals surface area contributed by atoms with Crippen LogP contribution in [-0.2, 0) is 0 Å². The molecule has 0 aromatic heterocycles. The Kier molecular flexibility index (Phi) is 5.72. The van der Waals surface area contributed by atoms with Crippen molar-refractivity contribution in [2.24, 2.45) is 5.92 Å². The van der Waals surface area contributed by atoms with E-state index < -0.39 is 6.03 Å². The molecule has 2 N–H and O–H groups in total. The van der Waals surface area contributed by atoms with E-state index in [2.05, 4.69) is 10.6 Å². The lowest BCUT2D eigenvalue weighted by atomic mass is 10.1. The number of hydrogen-bond acceptors (Lipinski definition) is 5. The van der Waals surface area contributed by atoms with E-state index in [0.29, 0.717) is 35.0 Å². The van der Waals surface area contributed by atoms with E-state index >= 15 is 0 Å². The van der Waals surface area contributed by atoms with E-state index in [1.165, 1.54) is 25.2 Å². The summed E-state index contributed by atoms with van der Waals surface area (Å²) in [7, 11) is 3.02. The van der Waals surface area contributed by atoms with Crippen LogP contribution in [-0.4, -0.2) is 43.5 Å². The largest absolute Gasteiger partial charge is 0.497 e. The number of fused-ring (bicyclic) bond motifs is 1. The molecule has 152 valence electrons. The van der Waals surface area contributed by atoms with E-state index in [9.17, 15) is 14.4 Å². The highest BCUT2D eigenvalue weighted by molar-refractivity contribution is 6.22. The van der Waals surface area contributed by atoms with Crippen LogP contribution < -0.4 is 20.1 Å². The second-order valence-electron chi connectivity index (χ2n) is 7.02. The molecule has 0 spiro atoms. The number of hydrogen-bond donors (Lipinski definition) is 2. The Balaban J connectivity index is 1.76. The van der Waals surface area contributed by atoms with Crippen molar-refractivity contribution in [3.63, 3.8) is 0 Å². The van der Waals surface area contributed by atoms with E-state index in [0.717, 1.165) is 0 Å². The second-order valence-corrected chi connectivity index (χ2v) is 7.02. The van der Waals surface area contributed by atoms with Gasteiger partial charge in [0.05, 0.1) is 31.0 Å². The van der Waals surface area contributed by atoms with Crippen LogP contribution in [0.2, 0.25) is 0 Å². The zero-order chi connectivity index (χ0) is 21.1. The normalized spacial score (nSPS) is 12.8. The van der Waals surface area contributed by atoms with Gasteiger partial charge in [-0.2, -0.15) is 0 Å². The molecular formula is C21H23N3O5. The summed E-state index contributed by atoms with van der Waals surface area (Å²) in [5.74, 6) is 0.541. The molecular weight excluding hydrogens is 374 g/mol. The summed E-state index contributed by atoms with van der Waals surface area (Å²) in [5.41, 5.74) is 1.46. The molecule has 3 rings (SSSR count). The first-order chi connectivity index (χ1) is 13.8. The van der Waals surface area contributed by atoms with Crippen LogP contribution in [0.15, 0.2) is 36.4 Å². The maximum atomic E-state index is 12.6. The molecule has 29 heavy (non-hydrogen) atoms. The number of nitrogens with zero attached hydrogens (tertiary/aromatic N) is 1. The van der Waals surface area contributed by atoms with Crippen LogP contribution in [0.5, 0.6) is 11.5 Å². The van der Waals surface area contributed by atoms with Crippen molar-refractivity contribution >= 4 is 29.2 Å².